The minimum atomic E-state index is -0.296. The van der Waals surface area contributed by atoms with Gasteiger partial charge < -0.3 is 9.47 Å². The van der Waals surface area contributed by atoms with Crippen LogP contribution in [0.15, 0.2) is 60.2 Å². The Hall–Kier alpha value is -2.81. The Morgan fingerprint density at radius 1 is 1.00 bits per heavy atom. The Balaban J connectivity index is 2.17. The maximum atomic E-state index is 12.1. The van der Waals surface area contributed by atoms with Gasteiger partial charge in [0.15, 0.2) is 0 Å². The zero-order chi connectivity index (χ0) is 18.9. The van der Waals surface area contributed by atoms with Gasteiger partial charge in [-0.05, 0) is 68.7 Å². The number of hydrogen-bond donors (Lipinski definition) is 0. The molecule has 2 rings (SSSR count). The van der Waals surface area contributed by atoms with Crippen molar-refractivity contribution in [3.05, 3.63) is 76.9 Å². The van der Waals surface area contributed by atoms with E-state index < -0.39 is 0 Å². The molecule has 0 saturated carbocycles. The summed E-state index contributed by atoms with van der Waals surface area (Å²) in [6.45, 7) is 8.88. The van der Waals surface area contributed by atoms with Crippen LogP contribution in [0.1, 0.15) is 49.2 Å². The van der Waals surface area contributed by atoms with E-state index in [1.165, 1.54) is 5.57 Å². The van der Waals surface area contributed by atoms with Crippen molar-refractivity contribution in [3.63, 3.8) is 0 Å². The molecule has 0 unspecified atom stereocenters. The molecule has 0 heterocycles. The summed E-state index contributed by atoms with van der Waals surface area (Å²) in [5.41, 5.74) is 4.82. The average molecular weight is 350 g/mol. The van der Waals surface area contributed by atoms with Gasteiger partial charge in [0.1, 0.15) is 12.4 Å². The van der Waals surface area contributed by atoms with Gasteiger partial charge in [0, 0.05) is 0 Å². The number of benzene rings is 2. The number of esters is 1. The van der Waals surface area contributed by atoms with Gasteiger partial charge in [0.25, 0.3) is 0 Å². The molecule has 3 heteroatoms. The summed E-state index contributed by atoms with van der Waals surface area (Å²) in [6.07, 6.45) is 4.05. The molecule has 2 aromatic rings. The quantitative estimate of drug-likeness (QED) is 0.361. The van der Waals surface area contributed by atoms with E-state index in [1.54, 1.807) is 6.07 Å². The number of allylic oxidation sites excluding steroid dienone is 2. The van der Waals surface area contributed by atoms with Crippen LogP contribution < -0.4 is 4.74 Å². The van der Waals surface area contributed by atoms with Crippen molar-refractivity contribution in [1.82, 2.24) is 0 Å². The molecule has 2 aromatic carbocycles. The molecule has 0 saturated heterocycles. The molecule has 0 bridgehead atoms. The van der Waals surface area contributed by atoms with E-state index in [1.807, 2.05) is 68.5 Å². The number of carbonyl (C=O) groups is 1. The largest absolute Gasteiger partial charge is 0.490 e. The Bertz CT molecular complexity index is 794. The summed E-state index contributed by atoms with van der Waals surface area (Å²) in [7, 11) is 0. The summed E-state index contributed by atoms with van der Waals surface area (Å²) in [4.78, 5) is 12.1. The smallest absolute Gasteiger partial charge is 0.338 e. The molecule has 0 aliphatic heterocycles. The number of ether oxygens (including phenoxy) is 2. The van der Waals surface area contributed by atoms with E-state index >= 15 is 0 Å². The second-order valence-corrected chi connectivity index (χ2v) is 6.25. The number of carbonyl (C=O) groups excluding carboxylic acids is 1. The van der Waals surface area contributed by atoms with Gasteiger partial charge in [-0.15, -0.1) is 0 Å². The van der Waals surface area contributed by atoms with Gasteiger partial charge >= 0.3 is 5.97 Å². The van der Waals surface area contributed by atoms with Crippen molar-refractivity contribution in [3.8, 4) is 5.75 Å². The monoisotopic (exact) mass is 350 g/mol. The van der Waals surface area contributed by atoms with Crippen molar-refractivity contribution < 1.29 is 14.3 Å². The fourth-order valence-electron chi connectivity index (χ4n) is 2.45. The lowest BCUT2D eigenvalue weighted by atomic mass is 10.0. The number of hydrogen-bond acceptors (Lipinski definition) is 3. The third-order valence-electron chi connectivity index (χ3n) is 3.88. The first-order valence-electron chi connectivity index (χ1n) is 8.82. The fourth-order valence-corrected chi connectivity index (χ4v) is 2.45. The van der Waals surface area contributed by atoms with Crippen molar-refractivity contribution in [2.24, 2.45) is 0 Å². The molecule has 0 aliphatic rings. The highest BCUT2D eigenvalue weighted by Gasteiger charge is 2.10. The van der Waals surface area contributed by atoms with Crippen LogP contribution in [0.2, 0.25) is 0 Å². The molecule has 26 heavy (non-hydrogen) atoms. The highest BCUT2D eigenvalue weighted by atomic mass is 16.5. The predicted octanol–water partition coefficient (Wildman–Crippen LogP) is 5.77. The topological polar surface area (TPSA) is 35.5 Å². The molecule has 0 fully saturated rings. The Morgan fingerprint density at radius 2 is 1.69 bits per heavy atom. The maximum absolute atomic E-state index is 12.1. The lowest BCUT2D eigenvalue weighted by Crippen LogP contribution is -2.06. The Morgan fingerprint density at radius 3 is 2.35 bits per heavy atom. The molecule has 0 aromatic heterocycles. The molecular formula is C23H26O3. The SMILES string of the molecule is CCOC(=O)c1ccccc1C=C(C)c1ccc(OCC=C(C)C)cc1. The lowest BCUT2D eigenvalue weighted by molar-refractivity contribution is 0.0526. The average Bonchev–Trinajstić information content (AvgIpc) is 2.62. The van der Waals surface area contributed by atoms with Crippen LogP contribution in [0.4, 0.5) is 0 Å². The van der Waals surface area contributed by atoms with Gasteiger partial charge in [-0.25, -0.2) is 4.79 Å². The lowest BCUT2D eigenvalue weighted by Gasteiger charge is -2.08. The van der Waals surface area contributed by atoms with Gasteiger partial charge in [-0.3, -0.25) is 0 Å². The minimum Gasteiger partial charge on any atom is -0.490 e. The van der Waals surface area contributed by atoms with Crippen molar-refractivity contribution in [2.45, 2.75) is 27.7 Å². The van der Waals surface area contributed by atoms with Crippen molar-refractivity contribution in [1.29, 1.82) is 0 Å². The van der Waals surface area contributed by atoms with Crippen molar-refractivity contribution >= 4 is 17.6 Å². The molecular weight excluding hydrogens is 324 g/mol. The molecule has 0 amide bonds. The van der Waals surface area contributed by atoms with Crippen LogP contribution in [0, 0.1) is 0 Å². The highest BCUT2D eigenvalue weighted by molar-refractivity contribution is 5.96. The van der Waals surface area contributed by atoms with Crippen LogP contribution in [0.3, 0.4) is 0 Å². The summed E-state index contributed by atoms with van der Waals surface area (Å²) in [5, 5.41) is 0. The second-order valence-electron chi connectivity index (χ2n) is 6.25. The van der Waals surface area contributed by atoms with Crippen LogP contribution in [0.5, 0.6) is 5.75 Å². The van der Waals surface area contributed by atoms with E-state index in [0.29, 0.717) is 18.8 Å². The minimum absolute atomic E-state index is 0.296. The van der Waals surface area contributed by atoms with E-state index in [0.717, 1.165) is 22.4 Å². The molecule has 136 valence electrons. The van der Waals surface area contributed by atoms with Crippen LogP contribution in [-0.4, -0.2) is 19.2 Å². The molecule has 3 nitrogen and oxygen atoms in total. The maximum Gasteiger partial charge on any atom is 0.338 e. The highest BCUT2D eigenvalue weighted by Crippen LogP contribution is 2.22. The summed E-state index contributed by atoms with van der Waals surface area (Å²) >= 11 is 0. The molecule has 0 radical (unpaired) electrons. The van der Waals surface area contributed by atoms with Gasteiger partial charge in [0.2, 0.25) is 0 Å². The van der Waals surface area contributed by atoms with Gasteiger partial charge in [0.05, 0.1) is 12.2 Å². The Kier molecular flexibility index (Phi) is 7.22. The molecule has 0 aliphatic carbocycles. The third-order valence-corrected chi connectivity index (χ3v) is 3.88. The first-order valence-corrected chi connectivity index (χ1v) is 8.82. The Labute approximate surface area is 156 Å². The predicted molar refractivity (Wildman–Crippen MR) is 107 cm³/mol. The number of rotatable bonds is 7. The first-order chi connectivity index (χ1) is 12.5. The molecule has 0 N–H and O–H groups in total. The van der Waals surface area contributed by atoms with Crippen LogP contribution in [-0.2, 0) is 4.74 Å². The normalized spacial score (nSPS) is 11.0. The van der Waals surface area contributed by atoms with Gasteiger partial charge in [-0.1, -0.05) is 42.0 Å². The third kappa shape index (κ3) is 5.62. The molecule has 0 atom stereocenters. The fraction of sp³-hybridized carbons (Fsp3) is 0.261. The molecule has 0 spiro atoms. The first kappa shape index (κ1) is 19.5. The van der Waals surface area contributed by atoms with E-state index in [-0.39, 0.29) is 5.97 Å². The van der Waals surface area contributed by atoms with Crippen LogP contribution in [0.25, 0.3) is 11.6 Å². The van der Waals surface area contributed by atoms with E-state index in [2.05, 4.69) is 13.8 Å². The zero-order valence-corrected chi connectivity index (χ0v) is 15.9. The zero-order valence-electron chi connectivity index (χ0n) is 15.9. The van der Waals surface area contributed by atoms with Gasteiger partial charge in [-0.2, -0.15) is 0 Å². The van der Waals surface area contributed by atoms with E-state index in [4.69, 9.17) is 9.47 Å². The standard InChI is InChI=1S/C23H26O3/c1-5-25-23(24)22-9-7-6-8-20(22)16-18(4)19-10-12-21(13-11-19)26-15-14-17(2)3/h6-14,16H,5,15H2,1-4H3. The summed E-state index contributed by atoms with van der Waals surface area (Å²) < 4.78 is 10.8. The summed E-state index contributed by atoms with van der Waals surface area (Å²) in [6, 6.07) is 15.4. The van der Waals surface area contributed by atoms with E-state index in [9.17, 15) is 4.79 Å². The second kappa shape index (κ2) is 9.62. The van der Waals surface area contributed by atoms with Crippen molar-refractivity contribution in [2.75, 3.05) is 13.2 Å². The summed E-state index contributed by atoms with van der Waals surface area (Å²) in [5.74, 6) is 0.543. The van der Waals surface area contributed by atoms with Crippen LogP contribution >= 0.6 is 0 Å².